The molecule has 0 bridgehead atoms. The second-order valence-electron chi connectivity index (χ2n) is 3.95. The fourth-order valence-electron chi connectivity index (χ4n) is 1.68. The Morgan fingerprint density at radius 3 is 2.67 bits per heavy atom. The molecule has 1 N–H and O–H groups in total. The first-order chi connectivity index (χ1) is 8.69. The van der Waals surface area contributed by atoms with E-state index in [2.05, 4.69) is 16.4 Å². The van der Waals surface area contributed by atoms with Gasteiger partial charge in [0, 0.05) is 6.04 Å². The van der Waals surface area contributed by atoms with Crippen LogP contribution in [0.5, 0.6) is 0 Å². The van der Waals surface area contributed by atoms with E-state index in [1.165, 1.54) is 0 Å². The minimum Gasteiger partial charge on any atom is -0.363 e. The number of pyridine rings is 1. The maximum atomic E-state index is 8.87. The number of rotatable bonds is 3. The topological polar surface area (TPSA) is 48.7 Å². The lowest BCUT2D eigenvalue weighted by Crippen LogP contribution is -2.08. The fourth-order valence-corrected chi connectivity index (χ4v) is 1.89. The third kappa shape index (κ3) is 2.99. The van der Waals surface area contributed by atoms with Crippen molar-refractivity contribution in [3.8, 4) is 6.07 Å². The van der Waals surface area contributed by atoms with E-state index < -0.39 is 0 Å². The van der Waals surface area contributed by atoms with E-state index in [0.29, 0.717) is 16.5 Å². The van der Waals surface area contributed by atoms with Crippen LogP contribution < -0.4 is 5.32 Å². The van der Waals surface area contributed by atoms with Crippen LogP contribution in [0.4, 0.5) is 5.82 Å². The average molecular weight is 258 g/mol. The van der Waals surface area contributed by atoms with Gasteiger partial charge >= 0.3 is 0 Å². The Balaban J connectivity index is 2.20. The standard InChI is InChI=1S/C14H12ClN3/c1-10(12-5-3-2-4-6-12)17-14-8-11(9-16)7-13(15)18-14/h2-8,10H,1H3,(H,17,18). The molecule has 90 valence electrons. The van der Waals surface area contributed by atoms with Crippen molar-refractivity contribution < 1.29 is 0 Å². The van der Waals surface area contributed by atoms with Gasteiger partial charge in [0.2, 0.25) is 0 Å². The fraction of sp³-hybridized carbons (Fsp3) is 0.143. The summed E-state index contributed by atoms with van der Waals surface area (Å²) in [6, 6.07) is 15.4. The number of anilines is 1. The zero-order valence-corrected chi connectivity index (χ0v) is 10.6. The molecule has 1 heterocycles. The summed E-state index contributed by atoms with van der Waals surface area (Å²) < 4.78 is 0. The van der Waals surface area contributed by atoms with E-state index in [-0.39, 0.29) is 6.04 Å². The van der Waals surface area contributed by atoms with Crippen LogP contribution in [0.25, 0.3) is 0 Å². The highest BCUT2D eigenvalue weighted by molar-refractivity contribution is 6.29. The third-order valence-electron chi connectivity index (χ3n) is 2.59. The lowest BCUT2D eigenvalue weighted by molar-refractivity contribution is 0.874. The van der Waals surface area contributed by atoms with Gasteiger partial charge in [0.1, 0.15) is 11.0 Å². The molecule has 0 spiro atoms. The van der Waals surface area contributed by atoms with Gasteiger partial charge < -0.3 is 5.32 Å². The molecule has 1 atom stereocenters. The molecule has 0 aliphatic rings. The summed E-state index contributed by atoms with van der Waals surface area (Å²) in [6.07, 6.45) is 0. The van der Waals surface area contributed by atoms with Crippen molar-refractivity contribution in [2.75, 3.05) is 5.32 Å². The summed E-state index contributed by atoms with van der Waals surface area (Å²) in [7, 11) is 0. The molecule has 1 aromatic carbocycles. The largest absolute Gasteiger partial charge is 0.363 e. The molecule has 0 radical (unpaired) electrons. The normalized spacial score (nSPS) is 11.6. The molecule has 1 unspecified atom stereocenters. The van der Waals surface area contributed by atoms with Crippen LogP contribution in [-0.2, 0) is 0 Å². The first-order valence-electron chi connectivity index (χ1n) is 5.58. The van der Waals surface area contributed by atoms with Crippen molar-refractivity contribution in [2.45, 2.75) is 13.0 Å². The van der Waals surface area contributed by atoms with E-state index in [9.17, 15) is 0 Å². The Morgan fingerprint density at radius 1 is 1.28 bits per heavy atom. The molecule has 4 heteroatoms. The number of nitrogens with zero attached hydrogens (tertiary/aromatic N) is 2. The Kier molecular flexibility index (Phi) is 3.81. The van der Waals surface area contributed by atoms with Crippen LogP contribution >= 0.6 is 11.6 Å². The van der Waals surface area contributed by atoms with Gasteiger partial charge in [0.15, 0.2) is 0 Å². The Hall–Kier alpha value is -2.05. The van der Waals surface area contributed by atoms with E-state index >= 15 is 0 Å². The number of nitriles is 1. The minimum atomic E-state index is 0.101. The summed E-state index contributed by atoms with van der Waals surface area (Å²) >= 11 is 5.86. The van der Waals surface area contributed by atoms with Gasteiger partial charge in [0.05, 0.1) is 11.6 Å². The molecule has 2 rings (SSSR count). The number of nitrogens with one attached hydrogen (secondary N) is 1. The molecule has 0 aliphatic heterocycles. The van der Waals surface area contributed by atoms with Gasteiger partial charge in [-0.2, -0.15) is 5.26 Å². The first kappa shape index (κ1) is 12.4. The van der Waals surface area contributed by atoms with E-state index in [1.54, 1.807) is 12.1 Å². The lowest BCUT2D eigenvalue weighted by Gasteiger charge is -2.15. The Morgan fingerprint density at radius 2 is 2.00 bits per heavy atom. The summed E-state index contributed by atoms with van der Waals surface area (Å²) in [5.74, 6) is 0.607. The third-order valence-corrected chi connectivity index (χ3v) is 2.78. The maximum Gasteiger partial charge on any atom is 0.132 e. The zero-order chi connectivity index (χ0) is 13.0. The molecular formula is C14H12ClN3. The molecule has 0 aliphatic carbocycles. The molecule has 1 aromatic heterocycles. The van der Waals surface area contributed by atoms with Gasteiger partial charge in [-0.15, -0.1) is 0 Å². The number of hydrogen-bond donors (Lipinski definition) is 1. The molecule has 0 amide bonds. The van der Waals surface area contributed by atoms with Gasteiger partial charge in [-0.05, 0) is 24.6 Å². The van der Waals surface area contributed by atoms with Gasteiger partial charge in [-0.1, -0.05) is 41.9 Å². The van der Waals surface area contributed by atoms with E-state index in [0.717, 1.165) is 5.56 Å². The number of hydrogen-bond acceptors (Lipinski definition) is 3. The summed E-state index contributed by atoms with van der Waals surface area (Å²) in [4.78, 5) is 4.15. The highest BCUT2D eigenvalue weighted by atomic mass is 35.5. The Bertz CT molecular complexity index is 575. The first-order valence-corrected chi connectivity index (χ1v) is 5.96. The number of halogens is 1. The molecular weight excluding hydrogens is 246 g/mol. The number of aromatic nitrogens is 1. The monoisotopic (exact) mass is 257 g/mol. The Labute approximate surface area is 111 Å². The van der Waals surface area contributed by atoms with Crippen molar-refractivity contribution in [2.24, 2.45) is 0 Å². The smallest absolute Gasteiger partial charge is 0.132 e. The second kappa shape index (κ2) is 5.52. The molecule has 3 nitrogen and oxygen atoms in total. The number of benzene rings is 1. The highest BCUT2D eigenvalue weighted by Gasteiger charge is 2.07. The SMILES string of the molecule is CC(Nc1cc(C#N)cc(Cl)n1)c1ccccc1. The van der Waals surface area contributed by atoms with Crippen LogP contribution in [0, 0.1) is 11.3 Å². The molecule has 0 saturated heterocycles. The van der Waals surface area contributed by atoms with Crippen molar-refractivity contribution >= 4 is 17.4 Å². The van der Waals surface area contributed by atoms with Crippen molar-refractivity contribution in [3.63, 3.8) is 0 Å². The zero-order valence-electron chi connectivity index (χ0n) is 9.89. The summed E-state index contributed by atoms with van der Waals surface area (Å²) in [5, 5.41) is 12.4. The predicted octanol–water partition coefficient (Wildman–Crippen LogP) is 3.78. The summed E-state index contributed by atoms with van der Waals surface area (Å²) in [6.45, 7) is 2.03. The second-order valence-corrected chi connectivity index (χ2v) is 4.34. The highest BCUT2D eigenvalue weighted by Crippen LogP contribution is 2.20. The van der Waals surface area contributed by atoms with Crippen molar-refractivity contribution in [1.29, 1.82) is 5.26 Å². The van der Waals surface area contributed by atoms with Crippen LogP contribution in [0.3, 0.4) is 0 Å². The van der Waals surface area contributed by atoms with E-state index in [4.69, 9.17) is 16.9 Å². The molecule has 2 aromatic rings. The molecule has 18 heavy (non-hydrogen) atoms. The van der Waals surface area contributed by atoms with Crippen LogP contribution in [-0.4, -0.2) is 4.98 Å². The van der Waals surface area contributed by atoms with Crippen molar-refractivity contribution in [3.05, 3.63) is 58.7 Å². The van der Waals surface area contributed by atoms with Crippen LogP contribution in [0.1, 0.15) is 24.1 Å². The van der Waals surface area contributed by atoms with Crippen molar-refractivity contribution in [1.82, 2.24) is 4.98 Å². The van der Waals surface area contributed by atoms with Gasteiger partial charge in [-0.3, -0.25) is 0 Å². The van der Waals surface area contributed by atoms with Gasteiger partial charge in [-0.25, -0.2) is 4.98 Å². The van der Waals surface area contributed by atoms with Crippen LogP contribution in [0.2, 0.25) is 5.15 Å². The molecule has 0 fully saturated rings. The van der Waals surface area contributed by atoms with E-state index in [1.807, 2.05) is 37.3 Å². The minimum absolute atomic E-state index is 0.101. The van der Waals surface area contributed by atoms with Gasteiger partial charge in [0.25, 0.3) is 0 Å². The quantitative estimate of drug-likeness (QED) is 0.852. The average Bonchev–Trinajstić information content (AvgIpc) is 2.39. The predicted molar refractivity (Wildman–Crippen MR) is 72.4 cm³/mol. The lowest BCUT2D eigenvalue weighted by atomic mass is 10.1. The maximum absolute atomic E-state index is 8.87. The van der Waals surface area contributed by atoms with Crippen LogP contribution in [0.15, 0.2) is 42.5 Å². The molecule has 0 saturated carbocycles. The summed E-state index contributed by atoms with van der Waals surface area (Å²) in [5.41, 5.74) is 1.65.